The average Bonchev–Trinajstić information content (AvgIpc) is 2.30. The molecule has 1 aromatic rings. The van der Waals surface area contributed by atoms with Crippen LogP contribution in [-0.2, 0) is 4.79 Å². The van der Waals surface area contributed by atoms with E-state index in [2.05, 4.69) is 11.4 Å². The molecule has 0 spiro atoms. The fourth-order valence-electron chi connectivity index (χ4n) is 1.41. The third-order valence-electron chi connectivity index (χ3n) is 2.38. The summed E-state index contributed by atoms with van der Waals surface area (Å²) in [6, 6.07) is 7.94. The Hall–Kier alpha value is -2.08. The lowest BCUT2D eigenvalue weighted by Crippen LogP contribution is -2.20. The lowest BCUT2D eigenvalue weighted by molar-refractivity contribution is -0.118. The molecule has 0 aliphatic rings. The van der Waals surface area contributed by atoms with Gasteiger partial charge in [-0.3, -0.25) is 4.79 Å². The minimum absolute atomic E-state index is 0.0134. The summed E-state index contributed by atoms with van der Waals surface area (Å²) in [6.07, 6.45) is 4.74. The molecule has 17 heavy (non-hydrogen) atoms. The number of rotatable bonds is 4. The van der Waals surface area contributed by atoms with Crippen molar-refractivity contribution in [2.45, 2.75) is 20.3 Å². The molecule has 0 aromatic heterocycles. The second-order valence-corrected chi connectivity index (χ2v) is 3.86. The minimum atomic E-state index is -0.0134. The number of carbonyl (C=O) groups excluding carboxylic acids is 1. The van der Waals surface area contributed by atoms with Gasteiger partial charge in [-0.15, -0.1) is 0 Å². The zero-order valence-electron chi connectivity index (χ0n) is 10.2. The molecule has 1 aromatic carbocycles. The second kappa shape index (κ2) is 6.49. The molecule has 0 heterocycles. The van der Waals surface area contributed by atoms with Crippen molar-refractivity contribution in [2.24, 2.45) is 0 Å². The van der Waals surface area contributed by atoms with Crippen LogP contribution in [0.5, 0.6) is 0 Å². The summed E-state index contributed by atoms with van der Waals surface area (Å²) in [5, 5.41) is 11.6. The summed E-state index contributed by atoms with van der Waals surface area (Å²) in [6.45, 7) is 4.06. The van der Waals surface area contributed by atoms with Crippen LogP contribution in [0.3, 0.4) is 0 Å². The molecule has 3 heteroatoms. The molecular formula is C14H16N2O. The molecule has 0 aliphatic heterocycles. The second-order valence-electron chi connectivity index (χ2n) is 3.86. The van der Waals surface area contributed by atoms with Gasteiger partial charge in [0.1, 0.15) is 0 Å². The molecule has 1 amide bonds. The predicted molar refractivity (Wildman–Crippen MR) is 68.2 cm³/mol. The fourth-order valence-corrected chi connectivity index (χ4v) is 1.41. The summed E-state index contributed by atoms with van der Waals surface area (Å²) < 4.78 is 0. The molecule has 0 fully saturated rings. The summed E-state index contributed by atoms with van der Waals surface area (Å²) in [7, 11) is 0. The summed E-state index contributed by atoms with van der Waals surface area (Å²) in [5.41, 5.74) is 2.70. The van der Waals surface area contributed by atoms with E-state index in [9.17, 15) is 4.79 Å². The van der Waals surface area contributed by atoms with E-state index in [0.29, 0.717) is 12.1 Å². The van der Waals surface area contributed by atoms with Crippen molar-refractivity contribution in [2.75, 3.05) is 6.54 Å². The molecule has 0 bridgehead atoms. The average molecular weight is 228 g/mol. The monoisotopic (exact) mass is 228 g/mol. The number of nitriles is 1. The highest BCUT2D eigenvalue weighted by Crippen LogP contribution is 2.11. The number of hydrogen-bond acceptors (Lipinski definition) is 2. The van der Waals surface area contributed by atoms with E-state index in [1.54, 1.807) is 0 Å². The molecule has 0 atom stereocenters. The standard InChI is InChI=1S/C14H16N2O/c1-11-6-7-13(9-14(11)10-15)5-3-4-8-16-12(2)17/h3,5-7,9H,4,8H2,1-2H3,(H,16,17). The van der Waals surface area contributed by atoms with Gasteiger partial charge in [0.25, 0.3) is 0 Å². The number of nitrogens with one attached hydrogen (secondary N) is 1. The number of hydrogen-bond donors (Lipinski definition) is 1. The van der Waals surface area contributed by atoms with E-state index in [-0.39, 0.29) is 5.91 Å². The zero-order chi connectivity index (χ0) is 12.7. The molecule has 0 saturated heterocycles. The summed E-state index contributed by atoms with van der Waals surface area (Å²) in [4.78, 5) is 10.6. The van der Waals surface area contributed by atoms with E-state index in [0.717, 1.165) is 17.5 Å². The summed E-state index contributed by atoms with van der Waals surface area (Å²) in [5.74, 6) is -0.0134. The Labute approximate surface area is 102 Å². The van der Waals surface area contributed by atoms with E-state index < -0.39 is 0 Å². The Bertz CT molecular complexity index is 470. The van der Waals surface area contributed by atoms with Crippen LogP contribution >= 0.6 is 0 Å². The SMILES string of the molecule is CC(=O)NCCC=Cc1ccc(C)c(C#N)c1. The van der Waals surface area contributed by atoms with Crippen LogP contribution in [0.15, 0.2) is 24.3 Å². The van der Waals surface area contributed by atoms with Crippen molar-refractivity contribution in [3.8, 4) is 6.07 Å². The quantitative estimate of drug-likeness (QED) is 0.804. The predicted octanol–water partition coefficient (Wildman–Crippen LogP) is 2.41. The Balaban J connectivity index is 2.54. The van der Waals surface area contributed by atoms with Crippen LogP contribution in [0, 0.1) is 18.3 Å². The molecule has 0 radical (unpaired) electrons. The van der Waals surface area contributed by atoms with Gasteiger partial charge in [0, 0.05) is 13.5 Å². The zero-order valence-corrected chi connectivity index (χ0v) is 10.2. The van der Waals surface area contributed by atoms with Crippen LogP contribution < -0.4 is 5.32 Å². The van der Waals surface area contributed by atoms with Gasteiger partial charge in [-0.1, -0.05) is 24.3 Å². The Kier molecular flexibility index (Phi) is 4.96. The van der Waals surface area contributed by atoms with Crippen molar-refractivity contribution < 1.29 is 4.79 Å². The van der Waals surface area contributed by atoms with Gasteiger partial charge in [-0.2, -0.15) is 5.26 Å². The molecule has 0 unspecified atom stereocenters. The first-order valence-electron chi connectivity index (χ1n) is 5.55. The maximum absolute atomic E-state index is 10.6. The van der Waals surface area contributed by atoms with Gasteiger partial charge in [0.2, 0.25) is 5.91 Å². The Morgan fingerprint density at radius 1 is 1.53 bits per heavy atom. The van der Waals surface area contributed by atoms with Crippen molar-refractivity contribution in [3.63, 3.8) is 0 Å². The molecule has 0 saturated carbocycles. The molecule has 88 valence electrons. The Morgan fingerprint density at radius 2 is 2.29 bits per heavy atom. The third kappa shape index (κ3) is 4.52. The van der Waals surface area contributed by atoms with Crippen molar-refractivity contribution in [1.29, 1.82) is 5.26 Å². The summed E-state index contributed by atoms with van der Waals surface area (Å²) >= 11 is 0. The number of nitrogens with zero attached hydrogens (tertiary/aromatic N) is 1. The number of carbonyl (C=O) groups is 1. The first kappa shape index (κ1) is 13.0. The van der Waals surface area contributed by atoms with Crippen LogP contribution in [0.4, 0.5) is 0 Å². The maximum Gasteiger partial charge on any atom is 0.216 e. The Morgan fingerprint density at radius 3 is 2.94 bits per heavy atom. The number of benzene rings is 1. The molecule has 3 nitrogen and oxygen atoms in total. The van der Waals surface area contributed by atoms with Gasteiger partial charge in [-0.25, -0.2) is 0 Å². The van der Waals surface area contributed by atoms with Crippen molar-refractivity contribution >= 4 is 12.0 Å². The fraction of sp³-hybridized carbons (Fsp3) is 0.286. The van der Waals surface area contributed by atoms with Gasteiger partial charge in [0.05, 0.1) is 11.6 Å². The largest absolute Gasteiger partial charge is 0.356 e. The van der Waals surface area contributed by atoms with Crippen LogP contribution in [0.25, 0.3) is 6.08 Å². The normalized spacial score (nSPS) is 10.2. The first-order chi connectivity index (χ1) is 8.13. The third-order valence-corrected chi connectivity index (χ3v) is 2.38. The molecular weight excluding hydrogens is 212 g/mol. The van der Waals surface area contributed by atoms with E-state index in [1.807, 2.05) is 37.3 Å². The van der Waals surface area contributed by atoms with Crippen LogP contribution in [0.1, 0.15) is 30.0 Å². The van der Waals surface area contributed by atoms with Crippen molar-refractivity contribution in [1.82, 2.24) is 5.32 Å². The van der Waals surface area contributed by atoms with Gasteiger partial charge in [0.15, 0.2) is 0 Å². The number of amides is 1. The van der Waals surface area contributed by atoms with Crippen LogP contribution in [0.2, 0.25) is 0 Å². The van der Waals surface area contributed by atoms with Gasteiger partial charge in [-0.05, 0) is 30.5 Å². The number of aryl methyl sites for hydroxylation is 1. The van der Waals surface area contributed by atoms with E-state index in [1.165, 1.54) is 6.92 Å². The minimum Gasteiger partial charge on any atom is -0.356 e. The highest BCUT2D eigenvalue weighted by atomic mass is 16.1. The maximum atomic E-state index is 10.6. The van der Waals surface area contributed by atoms with Gasteiger partial charge < -0.3 is 5.32 Å². The highest BCUT2D eigenvalue weighted by molar-refractivity contribution is 5.72. The highest BCUT2D eigenvalue weighted by Gasteiger charge is 1.96. The van der Waals surface area contributed by atoms with Crippen molar-refractivity contribution in [3.05, 3.63) is 41.0 Å². The topological polar surface area (TPSA) is 52.9 Å². The van der Waals surface area contributed by atoms with E-state index >= 15 is 0 Å². The van der Waals surface area contributed by atoms with Gasteiger partial charge >= 0.3 is 0 Å². The molecule has 1 rings (SSSR count). The first-order valence-corrected chi connectivity index (χ1v) is 5.55. The smallest absolute Gasteiger partial charge is 0.216 e. The van der Waals surface area contributed by atoms with E-state index in [4.69, 9.17) is 5.26 Å². The molecule has 1 N–H and O–H groups in total. The lowest BCUT2D eigenvalue weighted by Gasteiger charge is -1.99. The molecule has 0 aliphatic carbocycles. The lowest BCUT2D eigenvalue weighted by atomic mass is 10.1. The van der Waals surface area contributed by atoms with Crippen LogP contribution in [-0.4, -0.2) is 12.5 Å².